The Bertz CT molecular complexity index is 866. The summed E-state index contributed by atoms with van der Waals surface area (Å²) in [6, 6.07) is 14.8. The van der Waals surface area contributed by atoms with E-state index in [9.17, 15) is 4.79 Å². The van der Waals surface area contributed by atoms with Crippen LogP contribution in [-0.4, -0.2) is 15.9 Å². The average Bonchev–Trinajstić information content (AvgIpc) is 2.64. The first-order valence-electron chi connectivity index (χ1n) is 7.79. The highest BCUT2D eigenvalue weighted by atomic mass is 35.5. The van der Waals surface area contributed by atoms with E-state index in [1.54, 1.807) is 18.3 Å². The summed E-state index contributed by atoms with van der Waals surface area (Å²) in [6.07, 6.45) is 3.23. The molecule has 1 amide bonds. The second-order valence-corrected chi connectivity index (χ2v) is 5.93. The van der Waals surface area contributed by atoms with Gasteiger partial charge >= 0.3 is 0 Å². The van der Waals surface area contributed by atoms with Crippen molar-refractivity contribution in [3.05, 3.63) is 82.8 Å². The number of nitrogens with zero attached hydrogens (tertiary/aromatic N) is 2. The van der Waals surface area contributed by atoms with E-state index in [0.29, 0.717) is 22.9 Å². The zero-order valence-electron chi connectivity index (χ0n) is 13.7. The summed E-state index contributed by atoms with van der Waals surface area (Å²) >= 11 is 6.11. The Morgan fingerprint density at radius 1 is 1.12 bits per heavy atom. The van der Waals surface area contributed by atoms with Crippen molar-refractivity contribution in [2.24, 2.45) is 0 Å². The third-order valence-corrected chi connectivity index (χ3v) is 4.03. The highest BCUT2D eigenvalue weighted by molar-refractivity contribution is 6.31. The summed E-state index contributed by atoms with van der Waals surface area (Å²) in [4.78, 5) is 20.6. The van der Waals surface area contributed by atoms with Gasteiger partial charge in [0.25, 0.3) is 5.91 Å². The fraction of sp³-hybridized carbons (Fsp3) is 0.105. The Kier molecular flexibility index (Phi) is 5.26. The molecule has 0 aliphatic carbocycles. The van der Waals surface area contributed by atoms with Gasteiger partial charge in [-0.1, -0.05) is 23.7 Å². The maximum atomic E-state index is 12.2. The molecule has 0 spiro atoms. The molecule has 1 aromatic carbocycles. The van der Waals surface area contributed by atoms with Crippen molar-refractivity contribution < 1.29 is 4.79 Å². The predicted molar refractivity (Wildman–Crippen MR) is 99.1 cm³/mol. The second-order valence-electron chi connectivity index (χ2n) is 5.52. The Labute approximate surface area is 151 Å². The molecular formula is C19H17ClN4O. The first-order valence-corrected chi connectivity index (χ1v) is 8.17. The average molecular weight is 353 g/mol. The largest absolute Gasteiger partial charge is 0.346 e. The molecule has 3 rings (SSSR count). The lowest BCUT2D eigenvalue weighted by Gasteiger charge is -2.08. The van der Waals surface area contributed by atoms with Gasteiger partial charge in [0.15, 0.2) is 0 Å². The predicted octanol–water partition coefficient (Wildman–Crippen LogP) is 4.11. The van der Waals surface area contributed by atoms with Gasteiger partial charge in [-0.3, -0.25) is 9.78 Å². The normalized spacial score (nSPS) is 10.3. The molecule has 0 saturated heterocycles. The Hall–Kier alpha value is -2.92. The number of amides is 1. The van der Waals surface area contributed by atoms with Gasteiger partial charge in [-0.05, 0) is 48.9 Å². The highest BCUT2D eigenvalue weighted by Crippen LogP contribution is 2.22. The molecule has 2 N–H and O–H groups in total. The molecule has 0 aliphatic heterocycles. The standard InChI is InChI=1S/C19H17ClN4O/c1-13-5-7-15(10-17(13)20)24-18-8-6-14(11-22-18)19(25)23-12-16-4-2-3-9-21-16/h2-11H,12H2,1H3,(H,22,24)(H,23,25). The zero-order valence-corrected chi connectivity index (χ0v) is 14.4. The van der Waals surface area contributed by atoms with Crippen LogP contribution in [0.1, 0.15) is 21.6 Å². The number of hydrogen-bond donors (Lipinski definition) is 2. The molecule has 0 atom stereocenters. The topological polar surface area (TPSA) is 66.9 Å². The van der Waals surface area contributed by atoms with E-state index < -0.39 is 0 Å². The molecule has 0 aliphatic rings. The lowest BCUT2D eigenvalue weighted by Crippen LogP contribution is -2.23. The van der Waals surface area contributed by atoms with E-state index in [1.165, 1.54) is 6.20 Å². The molecule has 0 unspecified atom stereocenters. The van der Waals surface area contributed by atoms with Crippen LogP contribution in [0.25, 0.3) is 0 Å². The van der Waals surface area contributed by atoms with Gasteiger partial charge in [0, 0.05) is 23.1 Å². The van der Waals surface area contributed by atoms with Crippen molar-refractivity contribution in [2.45, 2.75) is 13.5 Å². The molecule has 0 radical (unpaired) electrons. The summed E-state index contributed by atoms with van der Waals surface area (Å²) < 4.78 is 0. The molecule has 0 bridgehead atoms. The van der Waals surface area contributed by atoms with Crippen LogP contribution < -0.4 is 10.6 Å². The molecule has 0 fully saturated rings. The number of nitrogens with one attached hydrogen (secondary N) is 2. The second kappa shape index (κ2) is 7.77. The van der Waals surface area contributed by atoms with Crippen LogP contribution >= 0.6 is 11.6 Å². The summed E-state index contributed by atoms with van der Waals surface area (Å²) in [5.74, 6) is 0.448. The third-order valence-electron chi connectivity index (χ3n) is 3.63. The highest BCUT2D eigenvalue weighted by Gasteiger charge is 2.07. The van der Waals surface area contributed by atoms with E-state index in [2.05, 4.69) is 20.6 Å². The van der Waals surface area contributed by atoms with Crippen molar-refractivity contribution >= 4 is 29.0 Å². The third kappa shape index (κ3) is 4.55. The lowest BCUT2D eigenvalue weighted by molar-refractivity contribution is 0.0950. The molecule has 0 saturated carbocycles. The van der Waals surface area contributed by atoms with Gasteiger partial charge in [-0.2, -0.15) is 0 Å². The molecule has 126 valence electrons. The lowest BCUT2D eigenvalue weighted by atomic mass is 10.2. The number of rotatable bonds is 5. The van der Waals surface area contributed by atoms with Gasteiger partial charge < -0.3 is 10.6 Å². The Balaban J connectivity index is 1.61. The van der Waals surface area contributed by atoms with Gasteiger partial charge in [0.1, 0.15) is 5.82 Å². The van der Waals surface area contributed by atoms with Crippen LogP contribution in [0.4, 0.5) is 11.5 Å². The first kappa shape index (κ1) is 16.9. The molecule has 2 aromatic heterocycles. The Morgan fingerprint density at radius 2 is 2.00 bits per heavy atom. The summed E-state index contributed by atoms with van der Waals surface area (Å²) in [7, 11) is 0. The van der Waals surface area contributed by atoms with Gasteiger partial charge in [0.05, 0.1) is 17.8 Å². The minimum Gasteiger partial charge on any atom is -0.346 e. The van der Waals surface area contributed by atoms with Gasteiger partial charge in [-0.15, -0.1) is 0 Å². The number of benzene rings is 1. The molecule has 3 aromatic rings. The molecule has 2 heterocycles. The first-order chi connectivity index (χ1) is 12.1. The fourth-order valence-corrected chi connectivity index (χ4v) is 2.38. The maximum absolute atomic E-state index is 12.2. The minimum absolute atomic E-state index is 0.192. The number of pyridine rings is 2. The van der Waals surface area contributed by atoms with Crippen LogP contribution in [0.5, 0.6) is 0 Å². The number of hydrogen-bond acceptors (Lipinski definition) is 4. The molecule has 25 heavy (non-hydrogen) atoms. The summed E-state index contributed by atoms with van der Waals surface area (Å²) in [5.41, 5.74) is 3.15. The van der Waals surface area contributed by atoms with Crippen molar-refractivity contribution in [3.8, 4) is 0 Å². The quantitative estimate of drug-likeness (QED) is 0.725. The number of aryl methyl sites for hydroxylation is 1. The van der Waals surface area contributed by atoms with Crippen molar-refractivity contribution in [2.75, 3.05) is 5.32 Å². The SMILES string of the molecule is Cc1ccc(Nc2ccc(C(=O)NCc3ccccn3)cn2)cc1Cl. The van der Waals surface area contributed by atoms with Crippen molar-refractivity contribution in [1.29, 1.82) is 0 Å². The molecular weight excluding hydrogens is 336 g/mol. The van der Waals surface area contributed by atoms with Crippen LogP contribution in [0.15, 0.2) is 60.9 Å². The minimum atomic E-state index is -0.192. The van der Waals surface area contributed by atoms with E-state index in [-0.39, 0.29) is 5.91 Å². The fourth-order valence-electron chi connectivity index (χ4n) is 2.20. The monoisotopic (exact) mass is 352 g/mol. The van der Waals surface area contributed by atoms with Gasteiger partial charge in [-0.25, -0.2) is 4.98 Å². The van der Waals surface area contributed by atoms with Crippen molar-refractivity contribution in [3.63, 3.8) is 0 Å². The number of carbonyl (C=O) groups excluding carboxylic acids is 1. The zero-order chi connectivity index (χ0) is 17.6. The van der Waals surface area contributed by atoms with E-state index >= 15 is 0 Å². The van der Waals surface area contributed by atoms with Crippen LogP contribution in [0.3, 0.4) is 0 Å². The van der Waals surface area contributed by atoms with Crippen LogP contribution in [0.2, 0.25) is 5.02 Å². The van der Waals surface area contributed by atoms with Crippen LogP contribution in [-0.2, 0) is 6.54 Å². The van der Waals surface area contributed by atoms with E-state index in [4.69, 9.17) is 11.6 Å². The van der Waals surface area contributed by atoms with E-state index in [0.717, 1.165) is 16.9 Å². The van der Waals surface area contributed by atoms with Crippen LogP contribution in [0, 0.1) is 6.92 Å². The Morgan fingerprint density at radius 3 is 2.68 bits per heavy atom. The number of anilines is 2. The van der Waals surface area contributed by atoms with Crippen molar-refractivity contribution in [1.82, 2.24) is 15.3 Å². The van der Waals surface area contributed by atoms with Gasteiger partial charge in [0.2, 0.25) is 0 Å². The molecule has 5 nitrogen and oxygen atoms in total. The summed E-state index contributed by atoms with van der Waals surface area (Å²) in [5, 5.41) is 6.67. The number of aromatic nitrogens is 2. The summed E-state index contributed by atoms with van der Waals surface area (Å²) in [6.45, 7) is 2.32. The smallest absolute Gasteiger partial charge is 0.253 e. The number of halogens is 1. The number of carbonyl (C=O) groups is 1. The maximum Gasteiger partial charge on any atom is 0.253 e. The van der Waals surface area contributed by atoms with E-state index in [1.807, 2.05) is 43.3 Å². The molecule has 6 heteroatoms.